The van der Waals surface area contributed by atoms with Crippen molar-refractivity contribution in [3.8, 4) is 11.3 Å². The largest absolute Gasteiger partial charge is 0.383 e. The molecule has 114 valence electrons. The van der Waals surface area contributed by atoms with E-state index < -0.39 is 0 Å². The Morgan fingerprint density at radius 3 is 2.71 bits per heavy atom. The van der Waals surface area contributed by atoms with E-state index in [2.05, 4.69) is 25.8 Å². The Bertz CT molecular complexity index is 635. The quantitative estimate of drug-likeness (QED) is 0.858. The van der Waals surface area contributed by atoms with Crippen molar-refractivity contribution >= 4 is 17.4 Å². The Labute approximate surface area is 129 Å². The zero-order valence-electron chi connectivity index (χ0n) is 12.7. The van der Waals surface area contributed by atoms with Gasteiger partial charge < -0.3 is 10.3 Å². The van der Waals surface area contributed by atoms with Gasteiger partial charge in [-0.15, -0.1) is 0 Å². The lowest BCUT2D eigenvalue weighted by atomic mass is 10.1. The Morgan fingerprint density at radius 2 is 2.10 bits per heavy atom. The van der Waals surface area contributed by atoms with E-state index in [1.165, 1.54) is 12.1 Å². The topological polar surface area (TPSA) is 43.8 Å². The van der Waals surface area contributed by atoms with Gasteiger partial charge in [0.1, 0.15) is 23.2 Å². The summed E-state index contributed by atoms with van der Waals surface area (Å²) in [7, 11) is 0. The predicted octanol–water partition coefficient (Wildman–Crippen LogP) is 4.85. The molecule has 21 heavy (non-hydrogen) atoms. The second kappa shape index (κ2) is 6.48. The summed E-state index contributed by atoms with van der Waals surface area (Å²) in [6, 6.07) is 4.44. The highest BCUT2D eigenvalue weighted by Crippen LogP contribution is 2.32. The maximum atomic E-state index is 14.1. The Hall–Kier alpha value is -1.55. The molecule has 2 N–H and O–H groups in total. The fraction of sp³-hybridized carbons (Fsp3) is 0.438. The molecule has 0 saturated carbocycles. The number of hydrogen-bond donors (Lipinski definition) is 1. The highest BCUT2D eigenvalue weighted by molar-refractivity contribution is 6.30. The molecule has 1 aromatic heterocycles. The highest BCUT2D eigenvalue weighted by atomic mass is 35.5. The van der Waals surface area contributed by atoms with Gasteiger partial charge in [0.15, 0.2) is 0 Å². The van der Waals surface area contributed by atoms with E-state index in [1.807, 2.05) is 4.57 Å². The zero-order valence-corrected chi connectivity index (χ0v) is 13.4. The summed E-state index contributed by atoms with van der Waals surface area (Å²) in [4.78, 5) is 4.57. The molecule has 1 heterocycles. The van der Waals surface area contributed by atoms with Gasteiger partial charge in [0.25, 0.3) is 0 Å². The van der Waals surface area contributed by atoms with Crippen molar-refractivity contribution in [3.63, 3.8) is 0 Å². The number of hydrogen-bond acceptors (Lipinski definition) is 2. The fourth-order valence-electron chi connectivity index (χ4n) is 2.35. The van der Waals surface area contributed by atoms with Crippen LogP contribution in [0, 0.1) is 5.82 Å². The van der Waals surface area contributed by atoms with Crippen molar-refractivity contribution in [1.82, 2.24) is 9.55 Å². The van der Waals surface area contributed by atoms with Crippen LogP contribution >= 0.6 is 11.6 Å². The van der Waals surface area contributed by atoms with Gasteiger partial charge in [-0.3, -0.25) is 0 Å². The summed E-state index contributed by atoms with van der Waals surface area (Å²) < 4.78 is 16.1. The first kappa shape index (κ1) is 15.8. The van der Waals surface area contributed by atoms with Crippen molar-refractivity contribution in [2.75, 3.05) is 5.73 Å². The van der Waals surface area contributed by atoms with Gasteiger partial charge in [-0.25, -0.2) is 9.37 Å². The number of unbranched alkanes of at least 4 members (excludes halogenated alkanes) is 1. The van der Waals surface area contributed by atoms with Crippen molar-refractivity contribution in [3.05, 3.63) is 34.9 Å². The van der Waals surface area contributed by atoms with Gasteiger partial charge in [0.2, 0.25) is 0 Å². The number of nitrogen functional groups attached to an aromatic ring is 1. The number of nitrogens with two attached hydrogens (primary N) is 1. The van der Waals surface area contributed by atoms with Gasteiger partial charge in [0, 0.05) is 23.0 Å². The van der Waals surface area contributed by atoms with Gasteiger partial charge in [-0.05, 0) is 24.6 Å². The fourth-order valence-corrected chi connectivity index (χ4v) is 2.52. The van der Waals surface area contributed by atoms with Crippen LogP contribution < -0.4 is 5.73 Å². The van der Waals surface area contributed by atoms with Crippen LogP contribution in [0.2, 0.25) is 5.02 Å². The lowest BCUT2D eigenvalue weighted by Gasteiger charge is -2.11. The molecule has 0 aliphatic rings. The number of rotatable bonds is 5. The van der Waals surface area contributed by atoms with E-state index in [9.17, 15) is 4.39 Å². The maximum Gasteiger partial charge on any atom is 0.132 e. The maximum absolute atomic E-state index is 14.1. The molecule has 0 amide bonds. The molecular weight excluding hydrogens is 289 g/mol. The summed E-state index contributed by atoms with van der Waals surface area (Å²) in [5.41, 5.74) is 7.06. The average molecular weight is 310 g/mol. The highest BCUT2D eigenvalue weighted by Gasteiger charge is 2.20. The van der Waals surface area contributed by atoms with E-state index in [0.29, 0.717) is 22.1 Å². The van der Waals surface area contributed by atoms with E-state index in [-0.39, 0.29) is 11.7 Å². The van der Waals surface area contributed by atoms with E-state index in [1.54, 1.807) is 6.07 Å². The van der Waals surface area contributed by atoms with Crippen molar-refractivity contribution in [1.29, 1.82) is 0 Å². The lowest BCUT2D eigenvalue weighted by Crippen LogP contribution is -2.08. The molecule has 0 fully saturated rings. The van der Waals surface area contributed by atoms with Crippen LogP contribution in [0.15, 0.2) is 18.2 Å². The Morgan fingerprint density at radius 1 is 1.38 bits per heavy atom. The third-order valence-corrected chi connectivity index (χ3v) is 3.71. The second-order valence-corrected chi connectivity index (χ2v) is 5.92. The molecule has 2 rings (SSSR count). The lowest BCUT2D eigenvalue weighted by molar-refractivity contribution is 0.588. The number of anilines is 1. The zero-order chi connectivity index (χ0) is 15.6. The van der Waals surface area contributed by atoms with Gasteiger partial charge in [0.05, 0.1) is 0 Å². The van der Waals surface area contributed by atoms with Crippen LogP contribution in [0.4, 0.5) is 10.2 Å². The number of aromatic nitrogens is 2. The second-order valence-electron chi connectivity index (χ2n) is 5.49. The van der Waals surface area contributed by atoms with Crippen LogP contribution in [-0.4, -0.2) is 9.55 Å². The number of halogens is 2. The van der Waals surface area contributed by atoms with Crippen molar-refractivity contribution < 1.29 is 4.39 Å². The molecule has 0 atom stereocenters. The smallest absolute Gasteiger partial charge is 0.132 e. The summed E-state index contributed by atoms with van der Waals surface area (Å²) in [6.45, 7) is 7.04. The van der Waals surface area contributed by atoms with Crippen LogP contribution in [0.3, 0.4) is 0 Å². The SMILES string of the molecule is CCCCn1c(C(C)C)nc(-c2cc(Cl)ccc2F)c1N. The van der Waals surface area contributed by atoms with Crippen LogP contribution in [0.5, 0.6) is 0 Å². The summed E-state index contributed by atoms with van der Waals surface area (Å²) in [5, 5.41) is 0.472. The standard InChI is InChI=1S/C16H21ClFN3/c1-4-5-8-21-15(19)14(20-16(21)10(2)3)12-9-11(17)6-7-13(12)18/h6-7,9-10H,4-5,8,19H2,1-3H3. The predicted molar refractivity (Wildman–Crippen MR) is 86.0 cm³/mol. The normalized spacial score (nSPS) is 11.3. The Kier molecular flexibility index (Phi) is 4.88. The number of nitrogens with zero attached hydrogens (tertiary/aromatic N) is 2. The third kappa shape index (κ3) is 3.21. The third-order valence-electron chi connectivity index (χ3n) is 3.47. The van der Waals surface area contributed by atoms with Crippen molar-refractivity contribution in [2.45, 2.75) is 46.1 Å². The summed E-state index contributed by atoms with van der Waals surface area (Å²) in [6.07, 6.45) is 2.08. The monoisotopic (exact) mass is 309 g/mol. The molecule has 0 radical (unpaired) electrons. The molecule has 0 bridgehead atoms. The minimum Gasteiger partial charge on any atom is -0.383 e. The first-order chi connectivity index (χ1) is 9.95. The molecule has 0 unspecified atom stereocenters. The molecule has 5 heteroatoms. The molecule has 3 nitrogen and oxygen atoms in total. The van der Waals surface area contributed by atoms with E-state index in [0.717, 1.165) is 25.2 Å². The van der Waals surface area contributed by atoms with E-state index >= 15 is 0 Å². The van der Waals surface area contributed by atoms with Crippen LogP contribution in [-0.2, 0) is 6.54 Å². The number of benzene rings is 1. The van der Waals surface area contributed by atoms with Gasteiger partial charge in [-0.1, -0.05) is 38.8 Å². The molecule has 1 aromatic carbocycles. The first-order valence-electron chi connectivity index (χ1n) is 7.27. The average Bonchev–Trinajstić information content (AvgIpc) is 2.76. The van der Waals surface area contributed by atoms with Crippen LogP contribution in [0.1, 0.15) is 45.4 Å². The molecule has 0 aliphatic carbocycles. The number of imidazole rings is 1. The molecule has 2 aromatic rings. The Balaban J connectivity index is 2.56. The van der Waals surface area contributed by atoms with Crippen LogP contribution in [0.25, 0.3) is 11.3 Å². The molecular formula is C16H21ClFN3. The van der Waals surface area contributed by atoms with Crippen molar-refractivity contribution in [2.24, 2.45) is 0 Å². The minimum absolute atomic E-state index is 0.222. The van der Waals surface area contributed by atoms with E-state index in [4.69, 9.17) is 17.3 Å². The molecule has 0 saturated heterocycles. The summed E-state index contributed by atoms with van der Waals surface area (Å²) in [5.74, 6) is 1.25. The molecule has 0 aliphatic heterocycles. The van der Waals surface area contributed by atoms with Gasteiger partial charge >= 0.3 is 0 Å². The summed E-state index contributed by atoms with van der Waals surface area (Å²) >= 11 is 5.97. The minimum atomic E-state index is -0.360. The van der Waals surface area contributed by atoms with Gasteiger partial charge in [-0.2, -0.15) is 0 Å². The molecule has 0 spiro atoms. The first-order valence-corrected chi connectivity index (χ1v) is 7.64.